The zero-order valence-electron chi connectivity index (χ0n) is 14.7. The third kappa shape index (κ3) is 10.9. The number of rotatable bonds is 7. The summed E-state index contributed by atoms with van der Waals surface area (Å²) in [6, 6.07) is 0. The van der Waals surface area contributed by atoms with E-state index in [0.29, 0.717) is 0 Å². The van der Waals surface area contributed by atoms with Crippen LogP contribution in [0.25, 0.3) is 0 Å². The van der Waals surface area contributed by atoms with Crippen LogP contribution >= 0.6 is 0 Å². The molecule has 0 aliphatic rings. The second-order valence-corrected chi connectivity index (χ2v) is 18.7. The molecule has 0 spiro atoms. The van der Waals surface area contributed by atoms with Crippen molar-refractivity contribution in [3.63, 3.8) is 0 Å². The molecular formula is C12H35NO3Si3. The van der Waals surface area contributed by atoms with Crippen LogP contribution in [0.5, 0.6) is 0 Å². The van der Waals surface area contributed by atoms with E-state index in [9.17, 15) is 0 Å². The van der Waals surface area contributed by atoms with Crippen molar-refractivity contribution >= 4 is 26.0 Å². The Kier molecular flexibility index (Phi) is 11.8. The van der Waals surface area contributed by atoms with Gasteiger partial charge in [0.2, 0.25) is 0 Å². The molecule has 0 rings (SSSR count). The maximum absolute atomic E-state index is 4.74. The van der Waals surface area contributed by atoms with Crippen LogP contribution < -0.4 is 0 Å². The topological polar surface area (TPSA) is 30.9 Å². The third-order valence-corrected chi connectivity index (χ3v) is 11.5. The molecule has 0 saturated carbocycles. The minimum absolute atomic E-state index is 1.05. The molecule has 118 valence electrons. The third-order valence-electron chi connectivity index (χ3n) is 2.64. The molecule has 0 aromatic carbocycles. The monoisotopic (exact) mass is 325 g/mol. The first-order chi connectivity index (χ1) is 8.54. The van der Waals surface area contributed by atoms with Gasteiger partial charge in [-0.05, 0) is 13.0 Å². The van der Waals surface area contributed by atoms with Crippen molar-refractivity contribution < 1.29 is 13.3 Å². The molecule has 7 heteroatoms. The van der Waals surface area contributed by atoms with Crippen LogP contribution in [0.2, 0.25) is 39.3 Å². The lowest BCUT2D eigenvalue weighted by Crippen LogP contribution is -2.59. The fraction of sp³-hybridized carbons (Fsp3) is 1.00. The largest absolute Gasteiger partial charge is 0.483 e. The molecule has 0 aliphatic carbocycles. The second kappa shape index (κ2) is 10.3. The van der Waals surface area contributed by atoms with Gasteiger partial charge in [0.25, 0.3) is 0 Å². The van der Waals surface area contributed by atoms with Crippen molar-refractivity contribution in [1.29, 1.82) is 0 Å². The maximum Gasteiger partial charge on any atom is 0.483 e. The van der Waals surface area contributed by atoms with E-state index < -0.39 is 26.0 Å². The summed E-state index contributed by atoms with van der Waals surface area (Å²) in [7, 11) is 0.953. The van der Waals surface area contributed by atoms with E-state index in [0.717, 1.165) is 0 Å². The van der Waals surface area contributed by atoms with Gasteiger partial charge in [0, 0.05) is 21.3 Å². The van der Waals surface area contributed by atoms with E-state index >= 15 is 0 Å². The predicted molar refractivity (Wildman–Crippen MR) is 91.9 cm³/mol. The smallest absolute Gasteiger partial charge is 0.379 e. The lowest BCUT2D eigenvalue weighted by molar-refractivity contribution is 0.163. The van der Waals surface area contributed by atoms with Gasteiger partial charge in [0.15, 0.2) is 0 Å². The second-order valence-electron chi connectivity index (χ2n) is 6.49. The van der Waals surface area contributed by atoms with Gasteiger partial charge in [-0.3, -0.25) is 0 Å². The highest BCUT2D eigenvalue weighted by Gasteiger charge is 2.33. The van der Waals surface area contributed by atoms with Gasteiger partial charge in [0.1, 0.15) is 16.5 Å². The summed E-state index contributed by atoms with van der Waals surface area (Å²) in [5, 5.41) is 0. The molecule has 0 saturated heterocycles. The van der Waals surface area contributed by atoms with Crippen molar-refractivity contribution in [3.8, 4) is 0 Å². The lowest BCUT2D eigenvalue weighted by atomic mass is 10.5. The van der Waals surface area contributed by atoms with E-state index in [4.69, 9.17) is 13.3 Å². The van der Waals surface area contributed by atoms with Crippen molar-refractivity contribution in [3.05, 3.63) is 0 Å². The summed E-state index contributed by atoms with van der Waals surface area (Å²) >= 11 is 0. The zero-order chi connectivity index (χ0) is 15.7. The zero-order valence-corrected chi connectivity index (χ0v) is 17.8. The summed E-state index contributed by atoms with van der Waals surface area (Å²) in [4.78, 5) is 0. The fourth-order valence-electron chi connectivity index (χ4n) is 2.19. The molecule has 4 nitrogen and oxygen atoms in total. The fourth-order valence-corrected chi connectivity index (χ4v) is 12.6. The average molecular weight is 326 g/mol. The van der Waals surface area contributed by atoms with Gasteiger partial charge in [-0.15, -0.1) is 0 Å². The minimum Gasteiger partial charge on any atom is -0.379 e. The van der Waals surface area contributed by atoms with Crippen LogP contribution in [0.4, 0.5) is 0 Å². The van der Waals surface area contributed by atoms with E-state index in [1.807, 2.05) is 0 Å². The molecular weight excluding hydrogens is 290 g/mol. The first-order valence-corrected chi connectivity index (χ1v) is 15.2. The average Bonchev–Trinajstić information content (AvgIpc) is 2.26. The molecule has 0 bridgehead atoms. The lowest BCUT2D eigenvalue weighted by Gasteiger charge is -2.43. The van der Waals surface area contributed by atoms with Crippen LogP contribution in [0.3, 0.4) is 0 Å². The summed E-state index contributed by atoms with van der Waals surface area (Å²) in [5.74, 6) is 0. The first-order valence-electron chi connectivity index (χ1n) is 6.90. The van der Waals surface area contributed by atoms with Crippen LogP contribution in [-0.4, -0.2) is 58.1 Å². The Hall–Kier alpha value is 0.491. The summed E-state index contributed by atoms with van der Waals surface area (Å²) in [6.45, 7) is 18.4. The Morgan fingerprint density at radius 3 is 1.16 bits per heavy atom. The Labute approximate surface area is 124 Å². The normalized spacial score (nSPS) is 12.6. The van der Waals surface area contributed by atoms with Gasteiger partial charge >= 0.3 is 9.53 Å². The Bertz CT molecular complexity index is 194. The molecule has 0 unspecified atom stereocenters. The maximum atomic E-state index is 4.74. The van der Waals surface area contributed by atoms with Crippen LogP contribution in [0.1, 0.15) is 13.3 Å². The molecule has 0 aromatic rings. The van der Waals surface area contributed by atoms with E-state index in [-0.39, 0.29) is 0 Å². The van der Waals surface area contributed by atoms with E-state index in [1.165, 1.54) is 13.0 Å². The molecule has 0 N–H and O–H groups in total. The standard InChI is InChI=1S/C9H25NSi2.C3H10O3Si/c1-8-9-10(11(2,3)4)12(5,6)7;1-4-7(5-2)6-3/h8-9H2,1-7H3;7H,1-3H3. The van der Waals surface area contributed by atoms with Crippen molar-refractivity contribution in [2.24, 2.45) is 0 Å². The summed E-state index contributed by atoms with van der Waals surface area (Å²) in [5.41, 5.74) is 0. The van der Waals surface area contributed by atoms with Gasteiger partial charge < -0.3 is 17.5 Å². The quantitative estimate of drug-likeness (QED) is 0.673. The highest BCUT2D eigenvalue weighted by Crippen LogP contribution is 2.19. The van der Waals surface area contributed by atoms with Crippen LogP contribution in [0, 0.1) is 0 Å². The first kappa shape index (κ1) is 21.8. The van der Waals surface area contributed by atoms with Gasteiger partial charge in [-0.2, -0.15) is 0 Å². The predicted octanol–water partition coefficient (Wildman–Crippen LogP) is 3.01. The molecule has 0 radical (unpaired) electrons. The minimum atomic E-state index is -1.67. The van der Waals surface area contributed by atoms with Gasteiger partial charge in [-0.25, -0.2) is 0 Å². The van der Waals surface area contributed by atoms with E-state index in [2.05, 4.69) is 50.4 Å². The Morgan fingerprint density at radius 1 is 0.789 bits per heavy atom. The molecule has 0 aliphatic heterocycles. The Morgan fingerprint density at radius 2 is 1.11 bits per heavy atom. The molecule has 0 atom stereocenters. The summed E-state index contributed by atoms with van der Waals surface area (Å²) in [6.07, 6.45) is 1.30. The molecule has 0 aromatic heterocycles. The SMILES string of the molecule is CCCN([Si](C)(C)C)[Si](C)(C)C.CO[SiH](OC)OC. The number of hydrogen-bond donors (Lipinski definition) is 0. The van der Waals surface area contributed by atoms with Crippen molar-refractivity contribution in [2.75, 3.05) is 27.9 Å². The highest BCUT2D eigenvalue weighted by molar-refractivity contribution is 6.89. The molecule has 0 fully saturated rings. The van der Waals surface area contributed by atoms with Crippen LogP contribution in [0.15, 0.2) is 0 Å². The number of nitrogens with zero attached hydrogens (tertiary/aromatic N) is 1. The summed E-state index contributed by atoms with van der Waals surface area (Å²) < 4.78 is 17.1. The highest BCUT2D eigenvalue weighted by atomic mass is 28.4. The number of hydrogen-bond acceptors (Lipinski definition) is 4. The van der Waals surface area contributed by atoms with Crippen LogP contribution in [-0.2, 0) is 13.3 Å². The van der Waals surface area contributed by atoms with Crippen molar-refractivity contribution in [2.45, 2.75) is 52.6 Å². The molecule has 0 amide bonds. The Balaban J connectivity index is 0. The van der Waals surface area contributed by atoms with Crippen molar-refractivity contribution in [1.82, 2.24) is 4.23 Å². The molecule has 19 heavy (non-hydrogen) atoms. The van der Waals surface area contributed by atoms with E-state index in [1.54, 1.807) is 21.3 Å². The van der Waals surface area contributed by atoms with Gasteiger partial charge in [0.05, 0.1) is 0 Å². The molecule has 0 heterocycles. The van der Waals surface area contributed by atoms with Gasteiger partial charge in [-0.1, -0.05) is 46.2 Å².